The summed E-state index contributed by atoms with van der Waals surface area (Å²) in [5.74, 6) is 0.249. The topological polar surface area (TPSA) is 74.5 Å². The Morgan fingerprint density at radius 1 is 1.28 bits per heavy atom. The van der Waals surface area contributed by atoms with Crippen LogP contribution < -0.4 is 5.32 Å². The van der Waals surface area contributed by atoms with Crippen molar-refractivity contribution in [1.29, 1.82) is 0 Å². The van der Waals surface area contributed by atoms with Crippen LogP contribution in [0.15, 0.2) is 22.7 Å². The van der Waals surface area contributed by atoms with Crippen LogP contribution in [0.1, 0.15) is 31.7 Å². The van der Waals surface area contributed by atoms with Gasteiger partial charge in [0, 0.05) is 38.8 Å². The number of piperazine rings is 1. The number of amides is 1. The Labute approximate surface area is 170 Å². The lowest BCUT2D eigenvalue weighted by molar-refractivity contribution is -0.138. The zero-order valence-electron chi connectivity index (χ0n) is 17.2. The van der Waals surface area contributed by atoms with Crippen LogP contribution in [0, 0.1) is 12.7 Å². The molecule has 0 saturated carbocycles. The Balaban J connectivity index is 1.60. The van der Waals surface area contributed by atoms with Crippen LogP contribution in [0.4, 0.5) is 4.39 Å². The summed E-state index contributed by atoms with van der Waals surface area (Å²) in [6.07, 6.45) is 0.661. The normalized spacial score (nSPS) is 23.1. The van der Waals surface area contributed by atoms with Crippen LogP contribution in [0.5, 0.6) is 0 Å². The van der Waals surface area contributed by atoms with Crippen LogP contribution in [0.3, 0.4) is 0 Å². The number of hydrogen-bond donors (Lipinski definition) is 1. The molecular formula is C21H28FN5O2. The first kappa shape index (κ1) is 20.0. The quantitative estimate of drug-likeness (QED) is 0.844. The smallest absolute Gasteiger partial charge is 0.260 e. The Morgan fingerprint density at radius 2 is 2.03 bits per heavy atom. The third-order valence-electron chi connectivity index (χ3n) is 6.18. The van der Waals surface area contributed by atoms with E-state index in [1.165, 1.54) is 6.07 Å². The molecule has 3 heterocycles. The number of rotatable bonds is 4. The van der Waals surface area contributed by atoms with Crippen molar-refractivity contribution in [2.75, 3.05) is 39.3 Å². The summed E-state index contributed by atoms with van der Waals surface area (Å²) in [5, 5.41) is 7.03. The molecule has 0 bridgehead atoms. The predicted octanol–water partition coefficient (Wildman–Crippen LogP) is 1.97. The number of aryl methyl sites for hydroxylation is 1. The Hall–Kier alpha value is -2.32. The van der Waals surface area contributed by atoms with E-state index < -0.39 is 11.2 Å². The molecule has 1 N–H and O–H groups in total. The van der Waals surface area contributed by atoms with Crippen LogP contribution in [-0.2, 0) is 10.2 Å². The third kappa shape index (κ3) is 3.67. The number of carbonyl (C=O) groups is 1. The molecule has 2 fully saturated rings. The van der Waals surface area contributed by atoms with E-state index in [1.54, 1.807) is 13.0 Å². The minimum absolute atomic E-state index is 0.0895. The number of nitrogens with one attached hydrogen (secondary N) is 1. The second kappa shape index (κ2) is 7.84. The van der Waals surface area contributed by atoms with Gasteiger partial charge in [-0.3, -0.25) is 9.69 Å². The van der Waals surface area contributed by atoms with Gasteiger partial charge in [-0.05, 0) is 51.4 Å². The van der Waals surface area contributed by atoms with E-state index in [-0.39, 0.29) is 17.4 Å². The Bertz CT molecular complexity index is 883. The molecule has 1 atom stereocenters. The average molecular weight is 401 g/mol. The molecule has 2 aliphatic rings. The highest BCUT2D eigenvalue weighted by atomic mass is 19.1. The van der Waals surface area contributed by atoms with Crippen LogP contribution in [0.25, 0.3) is 11.5 Å². The summed E-state index contributed by atoms with van der Waals surface area (Å²) in [5.41, 5.74) is 0.231. The Kier molecular flexibility index (Phi) is 5.40. The lowest BCUT2D eigenvalue weighted by Gasteiger charge is -2.41. The van der Waals surface area contributed by atoms with Crippen molar-refractivity contribution in [1.82, 2.24) is 25.3 Å². The van der Waals surface area contributed by atoms with E-state index >= 15 is 0 Å². The fourth-order valence-corrected chi connectivity index (χ4v) is 4.38. The Morgan fingerprint density at radius 3 is 2.59 bits per heavy atom. The van der Waals surface area contributed by atoms with E-state index in [0.717, 1.165) is 19.6 Å². The van der Waals surface area contributed by atoms with Gasteiger partial charge in [-0.15, -0.1) is 0 Å². The van der Waals surface area contributed by atoms with Crippen LogP contribution >= 0.6 is 0 Å². The van der Waals surface area contributed by atoms with Crippen molar-refractivity contribution < 1.29 is 13.7 Å². The molecule has 0 radical (unpaired) electrons. The van der Waals surface area contributed by atoms with Gasteiger partial charge >= 0.3 is 0 Å². The van der Waals surface area contributed by atoms with Crippen LogP contribution in [0.2, 0.25) is 0 Å². The zero-order chi connectivity index (χ0) is 20.6. The zero-order valence-corrected chi connectivity index (χ0v) is 17.2. The van der Waals surface area contributed by atoms with Crippen molar-refractivity contribution in [3.63, 3.8) is 0 Å². The lowest BCUT2D eigenvalue weighted by Crippen LogP contribution is -2.56. The molecule has 0 aliphatic carbocycles. The van der Waals surface area contributed by atoms with E-state index in [9.17, 15) is 9.18 Å². The predicted molar refractivity (Wildman–Crippen MR) is 107 cm³/mol. The maximum absolute atomic E-state index is 14.9. The summed E-state index contributed by atoms with van der Waals surface area (Å²) in [4.78, 5) is 22.0. The molecule has 2 saturated heterocycles. The second-order valence-electron chi connectivity index (χ2n) is 8.27. The highest BCUT2D eigenvalue weighted by Gasteiger charge is 2.46. The van der Waals surface area contributed by atoms with Crippen molar-refractivity contribution in [2.24, 2.45) is 0 Å². The number of carbonyl (C=O) groups excluding carboxylic acids is 1. The fourth-order valence-electron chi connectivity index (χ4n) is 4.38. The first-order chi connectivity index (χ1) is 13.9. The molecule has 156 valence electrons. The van der Waals surface area contributed by atoms with E-state index in [0.29, 0.717) is 43.5 Å². The molecule has 7 nitrogen and oxygen atoms in total. The first-order valence-electron chi connectivity index (χ1n) is 10.3. The fraction of sp³-hybridized carbons (Fsp3) is 0.571. The van der Waals surface area contributed by atoms with Gasteiger partial charge < -0.3 is 14.7 Å². The van der Waals surface area contributed by atoms with Gasteiger partial charge in [0.2, 0.25) is 5.91 Å². The molecule has 1 amide bonds. The summed E-state index contributed by atoms with van der Waals surface area (Å²) >= 11 is 0. The molecule has 8 heteroatoms. The monoisotopic (exact) mass is 401 g/mol. The van der Waals surface area contributed by atoms with Crippen molar-refractivity contribution in [2.45, 2.75) is 38.6 Å². The molecule has 29 heavy (non-hydrogen) atoms. The highest BCUT2D eigenvalue weighted by molar-refractivity contribution is 5.89. The number of hydrogen-bond acceptors (Lipinski definition) is 6. The SMILES string of the molecule is Cc1noc(-c2ccc([C@@]3(C(=O)N4CCN(C(C)C)CC4)CCNC3)cc2F)n1. The summed E-state index contributed by atoms with van der Waals surface area (Å²) < 4.78 is 20.0. The van der Waals surface area contributed by atoms with E-state index in [1.807, 2.05) is 11.0 Å². The van der Waals surface area contributed by atoms with Gasteiger partial charge in [-0.25, -0.2) is 4.39 Å². The molecule has 2 aliphatic heterocycles. The lowest BCUT2D eigenvalue weighted by atomic mass is 9.77. The molecule has 1 aromatic carbocycles. The number of benzene rings is 1. The first-order valence-corrected chi connectivity index (χ1v) is 10.3. The maximum Gasteiger partial charge on any atom is 0.260 e. The largest absolute Gasteiger partial charge is 0.339 e. The number of halogens is 1. The van der Waals surface area contributed by atoms with Gasteiger partial charge in [0.25, 0.3) is 5.89 Å². The molecule has 0 spiro atoms. The minimum atomic E-state index is -0.732. The highest BCUT2D eigenvalue weighted by Crippen LogP contribution is 2.35. The van der Waals surface area contributed by atoms with Gasteiger partial charge in [-0.2, -0.15) is 4.98 Å². The molecule has 2 aromatic rings. The van der Waals surface area contributed by atoms with Crippen molar-refractivity contribution >= 4 is 5.91 Å². The summed E-state index contributed by atoms with van der Waals surface area (Å²) in [6.45, 7) is 10.5. The second-order valence-corrected chi connectivity index (χ2v) is 8.27. The molecule has 1 aromatic heterocycles. The minimum Gasteiger partial charge on any atom is -0.339 e. The van der Waals surface area contributed by atoms with E-state index in [4.69, 9.17) is 4.52 Å². The summed E-state index contributed by atoms with van der Waals surface area (Å²) in [7, 11) is 0. The van der Waals surface area contributed by atoms with Gasteiger partial charge in [0.1, 0.15) is 5.82 Å². The van der Waals surface area contributed by atoms with E-state index in [2.05, 4.69) is 34.2 Å². The molecular weight excluding hydrogens is 373 g/mol. The summed E-state index contributed by atoms with van der Waals surface area (Å²) in [6, 6.07) is 5.41. The number of aromatic nitrogens is 2. The number of nitrogens with zero attached hydrogens (tertiary/aromatic N) is 4. The standard InChI is InChI=1S/C21H28FN5O2/c1-14(2)26-8-10-27(11-9-26)20(28)21(6-7-23-13-21)16-4-5-17(18(22)12-16)19-24-15(3)25-29-19/h4-5,12,14,23H,6-11,13H2,1-3H3/t21-/m1/s1. The third-order valence-corrected chi connectivity index (χ3v) is 6.18. The maximum atomic E-state index is 14.9. The van der Waals surface area contributed by atoms with Gasteiger partial charge in [-0.1, -0.05) is 11.2 Å². The molecule has 4 rings (SSSR count). The van der Waals surface area contributed by atoms with Crippen LogP contribution in [-0.4, -0.2) is 71.2 Å². The van der Waals surface area contributed by atoms with Crippen molar-refractivity contribution in [3.05, 3.63) is 35.4 Å². The van der Waals surface area contributed by atoms with Gasteiger partial charge in [0.15, 0.2) is 5.82 Å². The average Bonchev–Trinajstić information content (AvgIpc) is 3.37. The molecule has 0 unspecified atom stereocenters. The van der Waals surface area contributed by atoms with Gasteiger partial charge in [0.05, 0.1) is 11.0 Å². The van der Waals surface area contributed by atoms with Crippen molar-refractivity contribution in [3.8, 4) is 11.5 Å².